The van der Waals surface area contributed by atoms with Crippen molar-refractivity contribution in [1.82, 2.24) is 9.97 Å². The Morgan fingerprint density at radius 3 is 2.42 bits per heavy atom. The van der Waals surface area contributed by atoms with Gasteiger partial charge in [-0.05, 0) is 42.0 Å². The van der Waals surface area contributed by atoms with Crippen LogP contribution in [0.3, 0.4) is 0 Å². The monoisotopic (exact) mass is 531 g/mol. The van der Waals surface area contributed by atoms with Crippen molar-refractivity contribution < 1.29 is 8.42 Å². The smallest absolute Gasteiger partial charge is 0.229 e. The number of sulfone groups is 1. The van der Waals surface area contributed by atoms with Crippen molar-refractivity contribution in [2.75, 3.05) is 40.8 Å². The number of aromatic nitrogens is 2. The van der Waals surface area contributed by atoms with Crippen molar-refractivity contribution in [3.63, 3.8) is 0 Å². The van der Waals surface area contributed by atoms with Crippen LogP contribution < -0.4 is 26.2 Å². The van der Waals surface area contributed by atoms with E-state index in [0.29, 0.717) is 5.95 Å². The summed E-state index contributed by atoms with van der Waals surface area (Å²) in [5, 5.41) is 6.69. The van der Waals surface area contributed by atoms with Crippen LogP contribution in [0.15, 0.2) is 54.7 Å². The number of nitrogens with two attached hydrogens (primary N) is 1. The molecule has 36 heavy (non-hydrogen) atoms. The predicted octanol–water partition coefficient (Wildman–Crippen LogP) is 4.47. The second kappa shape index (κ2) is 9.76. The normalized spacial score (nSPS) is 17.1. The Labute approximate surface area is 219 Å². The van der Waals surface area contributed by atoms with Crippen LogP contribution in [0, 0.1) is 5.41 Å². The molecule has 1 aliphatic rings. The highest BCUT2D eigenvalue weighted by molar-refractivity contribution is 7.89. The molecule has 3 aromatic rings. The molecule has 9 nitrogen and oxygen atoms in total. The molecule has 1 atom stereocenters. The van der Waals surface area contributed by atoms with Crippen molar-refractivity contribution in [3.05, 3.63) is 60.3 Å². The summed E-state index contributed by atoms with van der Waals surface area (Å²) < 4.78 is 23.0. The van der Waals surface area contributed by atoms with Gasteiger partial charge < -0.3 is 20.4 Å². The van der Waals surface area contributed by atoms with E-state index in [1.807, 2.05) is 43.3 Å². The first kappa shape index (κ1) is 27.5. The number of fused-ring (bicyclic) bond motifs is 1. The highest BCUT2D eigenvalue weighted by Gasteiger charge is 2.47. The van der Waals surface area contributed by atoms with Gasteiger partial charge in [-0.2, -0.15) is 4.98 Å². The molecule has 0 bridgehead atoms. The molecule has 11 heteroatoms. The Morgan fingerprint density at radius 1 is 1.14 bits per heavy atom. The maximum atomic E-state index is 11.5. The molecule has 0 radical (unpaired) electrons. The number of nitrogens with one attached hydrogen (secondary N) is 2. The van der Waals surface area contributed by atoms with Gasteiger partial charge in [0.25, 0.3) is 0 Å². The molecule has 0 fully saturated rings. The molecule has 1 aromatic heterocycles. The van der Waals surface area contributed by atoms with Gasteiger partial charge in [-0.15, -0.1) is 12.4 Å². The molecule has 4 N–H and O–H groups in total. The molecule has 1 aliphatic heterocycles. The van der Waals surface area contributed by atoms with Crippen LogP contribution in [0.4, 0.5) is 34.5 Å². The second-order valence-corrected chi connectivity index (χ2v) is 12.2. The number of anilines is 6. The van der Waals surface area contributed by atoms with E-state index < -0.39 is 15.6 Å². The van der Waals surface area contributed by atoms with Crippen molar-refractivity contribution in [2.45, 2.75) is 32.3 Å². The third kappa shape index (κ3) is 5.50. The Balaban J connectivity index is 0.00000361. The molecule has 1 unspecified atom stereocenters. The number of rotatable bonds is 6. The van der Waals surface area contributed by atoms with E-state index in [0.717, 1.165) is 34.1 Å². The molecule has 0 aliphatic carbocycles. The average molecular weight is 532 g/mol. The molecule has 194 valence electrons. The van der Waals surface area contributed by atoms with E-state index in [1.165, 1.54) is 6.26 Å². The number of hydrogen-bond acceptors (Lipinski definition) is 9. The van der Waals surface area contributed by atoms with E-state index in [4.69, 9.17) is 5.73 Å². The van der Waals surface area contributed by atoms with E-state index >= 15 is 0 Å². The van der Waals surface area contributed by atoms with Crippen molar-refractivity contribution in [1.29, 1.82) is 0 Å². The molecule has 0 amide bonds. The number of hydrogen-bond donors (Lipinski definition) is 3. The lowest BCUT2D eigenvalue weighted by atomic mass is 9.87. The third-order valence-corrected chi connectivity index (χ3v) is 7.21. The Morgan fingerprint density at radius 2 is 1.81 bits per heavy atom. The molecule has 0 saturated carbocycles. The molecule has 0 spiro atoms. The number of halogens is 1. The van der Waals surface area contributed by atoms with Crippen LogP contribution in [-0.4, -0.2) is 44.5 Å². The largest absolute Gasteiger partial charge is 0.348 e. The van der Waals surface area contributed by atoms with Gasteiger partial charge in [0.15, 0.2) is 15.6 Å². The van der Waals surface area contributed by atoms with Gasteiger partial charge in [0.05, 0.1) is 17.1 Å². The summed E-state index contributed by atoms with van der Waals surface area (Å²) in [7, 11) is 0.878. The first-order chi connectivity index (χ1) is 16.3. The summed E-state index contributed by atoms with van der Waals surface area (Å²) in [6.07, 6.45) is 2.92. The number of benzene rings is 2. The van der Waals surface area contributed by atoms with Gasteiger partial charge in [0.1, 0.15) is 5.82 Å². The average Bonchev–Trinajstić information content (AvgIpc) is 3.04. The third-order valence-electron chi connectivity index (χ3n) is 6.35. The highest BCUT2D eigenvalue weighted by Crippen LogP contribution is 2.45. The molecule has 0 saturated heterocycles. The molecular formula is C25H34ClN7O2S. The summed E-state index contributed by atoms with van der Waals surface area (Å²) in [6, 6.07) is 15.2. The van der Waals surface area contributed by atoms with Gasteiger partial charge >= 0.3 is 0 Å². The Bertz CT molecular complexity index is 1340. The first-order valence-corrected chi connectivity index (χ1v) is 13.4. The summed E-state index contributed by atoms with van der Waals surface area (Å²) >= 11 is 0. The lowest BCUT2D eigenvalue weighted by Crippen LogP contribution is -2.65. The van der Waals surface area contributed by atoms with Gasteiger partial charge in [-0.25, -0.2) is 13.4 Å². The van der Waals surface area contributed by atoms with Crippen LogP contribution in [0.25, 0.3) is 0 Å². The van der Waals surface area contributed by atoms with Gasteiger partial charge in [0.2, 0.25) is 5.95 Å². The van der Waals surface area contributed by atoms with Crippen LogP contribution in [0.1, 0.15) is 26.3 Å². The molecular weight excluding hydrogens is 498 g/mol. The van der Waals surface area contributed by atoms with E-state index in [2.05, 4.69) is 58.4 Å². The Hall–Kier alpha value is -3.08. The van der Waals surface area contributed by atoms with E-state index in [9.17, 15) is 8.42 Å². The van der Waals surface area contributed by atoms with Crippen LogP contribution in [-0.2, 0) is 15.6 Å². The van der Waals surface area contributed by atoms with Crippen molar-refractivity contribution >= 4 is 56.8 Å². The topological polar surface area (TPSA) is 116 Å². The summed E-state index contributed by atoms with van der Waals surface area (Å²) in [6.45, 7) is 6.35. The summed E-state index contributed by atoms with van der Waals surface area (Å²) in [5.41, 5.74) is 11.0. The summed E-state index contributed by atoms with van der Waals surface area (Å²) in [4.78, 5) is 13.0. The minimum absolute atomic E-state index is 0. The highest BCUT2D eigenvalue weighted by atomic mass is 35.5. The minimum atomic E-state index is -3.08. The van der Waals surface area contributed by atoms with Gasteiger partial charge in [-0.1, -0.05) is 32.9 Å². The van der Waals surface area contributed by atoms with Crippen LogP contribution >= 0.6 is 12.4 Å². The zero-order valence-corrected chi connectivity index (χ0v) is 23.0. The zero-order chi connectivity index (χ0) is 25.6. The van der Waals surface area contributed by atoms with Crippen molar-refractivity contribution in [3.8, 4) is 0 Å². The molecule has 2 aromatic carbocycles. The lowest BCUT2D eigenvalue weighted by Gasteiger charge is -2.44. The molecule has 4 rings (SSSR count). The van der Waals surface area contributed by atoms with Crippen LogP contribution in [0.5, 0.6) is 0 Å². The van der Waals surface area contributed by atoms with E-state index in [1.54, 1.807) is 18.3 Å². The number of nitrogens with zero attached hydrogens (tertiary/aromatic N) is 4. The fourth-order valence-electron chi connectivity index (χ4n) is 4.14. The lowest BCUT2D eigenvalue weighted by molar-refractivity contribution is 0.224. The fraction of sp³-hybridized carbons (Fsp3) is 0.360. The molecule has 2 heterocycles. The maximum Gasteiger partial charge on any atom is 0.229 e. The Kier molecular flexibility index (Phi) is 7.46. The van der Waals surface area contributed by atoms with Gasteiger partial charge in [-0.3, -0.25) is 5.73 Å². The van der Waals surface area contributed by atoms with Crippen LogP contribution in [0.2, 0.25) is 0 Å². The zero-order valence-electron chi connectivity index (χ0n) is 21.4. The minimum Gasteiger partial charge on any atom is -0.348 e. The first-order valence-electron chi connectivity index (χ1n) is 11.3. The summed E-state index contributed by atoms with van der Waals surface area (Å²) in [5.74, 6) is 0.474. The predicted molar refractivity (Wildman–Crippen MR) is 150 cm³/mol. The SMILES string of the molecule is CN(c1ccc2c(c1)NC(N)(C(C)(C)C)N2C)c1ccnc(Nc2ccc(CS(C)(=O)=O)cc2)n1.Cl. The van der Waals surface area contributed by atoms with E-state index in [-0.39, 0.29) is 23.6 Å². The van der Waals surface area contributed by atoms with Gasteiger partial charge in [0, 0.05) is 43.3 Å². The second-order valence-electron chi connectivity index (χ2n) is 10.1. The maximum absolute atomic E-state index is 11.5. The standard InChI is InChI=1S/C25H33N7O2S.ClH/c1-24(2,3)25(26)30-20-15-19(11-12-21(20)32(25)5)31(4)22-13-14-27-23(29-22)28-18-9-7-17(8-10-18)16-35(6,33)34;/h7-15,30H,16,26H2,1-6H3,(H,27,28,29);1H. The fourth-order valence-corrected chi connectivity index (χ4v) is 4.94. The quantitative estimate of drug-likeness (QED) is 0.423. The van der Waals surface area contributed by atoms with Crippen molar-refractivity contribution in [2.24, 2.45) is 11.1 Å².